The Labute approximate surface area is 263 Å². The van der Waals surface area contributed by atoms with Crippen LogP contribution in [-0.4, -0.2) is 47.6 Å². The van der Waals surface area contributed by atoms with Crippen molar-refractivity contribution in [1.29, 1.82) is 0 Å². The van der Waals surface area contributed by atoms with E-state index in [0.717, 1.165) is 35.1 Å². The summed E-state index contributed by atoms with van der Waals surface area (Å²) < 4.78 is 11.6. The van der Waals surface area contributed by atoms with E-state index in [1.807, 2.05) is 48.5 Å². The molecule has 1 amide bonds. The fraction of sp³-hybridized carbons (Fsp3) is 0.289. The summed E-state index contributed by atoms with van der Waals surface area (Å²) in [5, 5.41) is 10.4. The monoisotopic (exact) mass is 603 g/mol. The maximum absolute atomic E-state index is 13.8. The van der Waals surface area contributed by atoms with E-state index in [1.165, 1.54) is 0 Å². The molecule has 6 rings (SSSR count). The summed E-state index contributed by atoms with van der Waals surface area (Å²) in [5.74, 6) is -1.89. The molecule has 1 aliphatic heterocycles. The van der Waals surface area contributed by atoms with Crippen LogP contribution in [0, 0.1) is 0 Å². The quantitative estimate of drug-likeness (QED) is 0.134. The minimum atomic E-state index is -1.01. The SMILES string of the molecule is CCCCOc1ccc([C@H]2[C@H](C(=O)O)c3ccccc3C(=O)N2CCCC(=O)OCC2c3ccccc3-c3ccccc32)cc1. The molecule has 45 heavy (non-hydrogen) atoms. The van der Waals surface area contributed by atoms with E-state index in [0.29, 0.717) is 35.5 Å². The van der Waals surface area contributed by atoms with Gasteiger partial charge in [-0.1, -0.05) is 92.2 Å². The first kappa shape index (κ1) is 30.1. The number of rotatable bonds is 12. The fourth-order valence-corrected chi connectivity index (χ4v) is 6.65. The van der Waals surface area contributed by atoms with Gasteiger partial charge in [0.2, 0.25) is 0 Å². The van der Waals surface area contributed by atoms with E-state index >= 15 is 0 Å². The molecule has 0 saturated heterocycles. The number of unbranched alkanes of at least 4 members (excludes halogenated alkanes) is 1. The Morgan fingerprint density at radius 2 is 1.38 bits per heavy atom. The van der Waals surface area contributed by atoms with Crippen molar-refractivity contribution < 1.29 is 29.0 Å². The van der Waals surface area contributed by atoms with Crippen LogP contribution >= 0.6 is 0 Å². The van der Waals surface area contributed by atoms with Gasteiger partial charge in [0.15, 0.2) is 0 Å². The van der Waals surface area contributed by atoms with Crippen molar-refractivity contribution in [2.24, 2.45) is 0 Å². The summed E-state index contributed by atoms with van der Waals surface area (Å²) in [7, 11) is 0. The lowest BCUT2D eigenvalue weighted by Gasteiger charge is -2.41. The van der Waals surface area contributed by atoms with Gasteiger partial charge < -0.3 is 19.5 Å². The van der Waals surface area contributed by atoms with Crippen LogP contribution in [0.3, 0.4) is 0 Å². The molecule has 0 fully saturated rings. The lowest BCUT2D eigenvalue weighted by molar-refractivity contribution is -0.144. The molecule has 4 aromatic rings. The Kier molecular flexibility index (Phi) is 8.96. The van der Waals surface area contributed by atoms with Crippen LogP contribution in [0.1, 0.15) is 83.1 Å². The highest BCUT2D eigenvalue weighted by molar-refractivity contribution is 6.00. The van der Waals surface area contributed by atoms with Gasteiger partial charge in [0, 0.05) is 24.4 Å². The molecule has 7 heteroatoms. The molecule has 0 spiro atoms. The number of fused-ring (bicyclic) bond motifs is 4. The Bertz CT molecular complexity index is 1650. The second-order valence-corrected chi connectivity index (χ2v) is 11.6. The molecule has 0 bridgehead atoms. The number of ether oxygens (including phenoxy) is 2. The number of benzene rings is 4. The first-order chi connectivity index (χ1) is 22.0. The minimum absolute atomic E-state index is 0.0313. The number of carbonyl (C=O) groups excluding carboxylic acids is 2. The van der Waals surface area contributed by atoms with Crippen LogP contribution in [0.5, 0.6) is 5.75 Å². The van der Waals surface area contributed by atoms with E-state index in [-0.39, 0.29) is 37.4 Å². The van der Waals surface area contributed by atoms with Gasteiger partial charge in [-0.15, -0.1) is 0 Å². The molecule has 1 N–H and O–H groups in total. The Morgan fingerprint density at radius 1 is 0.778 bits per heavy atom. The summed E-state index contributed by atoms with van der Waals surface area (Å²) in [6, 6.07) is 29.9. The number of carboxylic acids is 1. The molecule has 0 saturated carbocycles. The molecule has 1 aliphatic carbocycles. The molecule has 1 heterocycles. The van der Waals surface area contributed by atoms with Gasteiger partial charge in [-0.3, -0.25) is 14.4 Å². The van der Waals surface area contributed by atoms with Crippen LogP contribution in [-0.2, 0) is 14.3 Å². The summed E-state index contributed by atoms with van der Waals surface area (Å²) >= 11 is 0. The summed E-state index contributed by atoms with van der Waals surface area (Å²) in [4.78, 5) is 41.1. The summed E-state index contributed by atoms with van der Waals surface area (Å²) in [6.07, 6.45) is 2.41. The third kappa shape index (κ3) is 6.07. The number of carboxylic acid groups (broad SMARTS) is 1. The first-order valence-corrected chi connectivity index (χ1v) is 15.7. The van der Waals surface area contributed by atoms with Crippen molar-refractivity contribution in [1.82, 2.24) is 4.90 Å². The van der Waals surface area contributed by atoms with Gasteiger partial charge in [-0.25, -0.2) is 0 Å². The van der Waals surface area contributed by atoms with E-state index < -0.39 is 17.9 Å². The lowest BCUT2D eigenvalue weighted by Crippen LogP contribution is -2.45. The normalized spacial score (nSPS) is 16.9. The van der Waals surface area contributed by atoms with Crippen molar-refractivity contribution in [3.8, 4) is 16.9 Å². The molecule has 0 unspecified atom stereocenters. The van der Waals surface area contributed by atoms with Crippen molar-refractivity contribution in [3.63, 3.8) is 0 Å². The minimum Gasteiger partial charge on any atom is -0.494 e. The Balaban J connectivity index is 1.16. The predicted molar refractivity (Wildman–Crippen MR) is 171 cm³/mol. The molecule has 4 aromatic carbocycles. The number of amides is 1. The van der Waals surface area contributed by atoms with Crippen LogP contribution in [0.4, 0.5) is 0 Å². The molecule has 2 atom stereocenters. The van der Waals surface area contributed by atoms with E-state index in [9.17, 15) is 19.5 Å². The van der Waals surface area contributed by atoms with Crippen LogP contribution < -0.4 is 4.74 Å². The third-order valence-electron chi connectivity index (χ3n) is 8.85. The standard InChI is InChI=1S/C38H37NO6/c1-2-3-23-44-26-20-18-25(19-21-26)36-35(38(42)43)31-15-8-9-16-32(31)37(41)39(36)22-10-17-34(40)45-24-33-29-13-6-4-11-27(29)28-12-5-7-14-30(28)33/h4-9,11-16,18-21,33,35-36H,2-3,10,17,22-24H2,1H3,(H,42,43)/t35-,36+/m1/s1. The molecule has 0 radical (unpaired) electrons. The largest absolute Gasteiger partial charge is 0.494 e. The Hall–Kier alpha value is -4.91. The van der Waals surface area contributed by atoms with Gasteiger partial charge in [0.25, 0.3) is 5.91 Å². The molecule has 0 aromatic heterocycles. The van der Waals surface area contributed by atoms with Gasteiger partial charge in [0.05, 0.1) is 12.6 Å². The average Bonchev–Trinajstić information content (AvgIpc) is 3.38. The van der Waals surface area contributed by atoms with E-state index in [4.69, 9.17) is 9.47 Å². The lowest BCUT2D eigenvalue weighted by atomic mass is 9.79. The summed E-state index contributed by atoms with van der Waals surface area (Å²) in [6.45, 7) is 3.14. The van der Waals surface area contributed by atoms with Gasteiger partial charge in [0.1, 0.15) is 18.3 Å². The summed E-state index contributed by atoms with van der Waals surface area (Å²) in [5.41, 5.74) is 6.20. The molecular weight excluding hydrogens is 566 g/mol. The number of esters is 1. The maximum Gasteiger partial charge on any atom is 0.313 e. The number of hydrogen-bond donors (Lipinski definition) is 1. The zero-order valence-electron chi connectivity index (χ0n) is 25.4. The molecule has 230 valence electrons. The topological polar surface area (TPSA) is 93.1 Å². The van der Waals surface area contributed by atoms with Crippen LogP contribution in [0.2, 0.25) is 0 Å². The third-order valence-corrected chi connectivity index (χ3v) is 8.85. The number of nitrogens with zero attached hydrogens (tertiary/aromatic N) is 1. The highest BCUT2D eigenvalue weighted by Gasteiger charge is 2.44. The van der Waals surface area contributed by atoms with Crippen LogP contribution in [0.25, 0.3) is 11.1 Å². The highest BCUT2D eigenvalue weighted by atomic mass is 16.5. The number of aliphatic carboxylic acids is 1. The zero-order chi connectivity index (χ0) is 31.3. The van der Waals surface area contributed by atoms with E-state index in [2.05, 4.69) is 31.2 Å². The zero-order valence-corrected chi connectivity index (χ0v) is 25.4. The Morgan fingerprint density at radius 3 is 2.00 bits per heavy atom. The smallest absolute Gasteiger partial charge is 0.313 e. The van der Waals surface area contributed by atoms with E-state index in [1.54, 1.807) is 29.2 Å². The second-order valence-electron chi connectivity index (χ2n) is 11.6. The average molecular weight is 604 g/mol. The fourth-order valence-electron chi connectivity index (χ4n) is 6.65. The molecule has 2 aliphatic rings. The van der Waals surface area contributed by atoms with Gasteiger partial charge in [-0.2, -0.15) is 0 Å². The molecular formula is C38H37NO6. The van der Waals surface area contributed by atoms with Crippen LogP contribution in [0.15, 0.2) is 97.1 Å². The van der Waals surface area contributed by atoms with Crippen molar-refractivity contribution in [2.45, 2.75) is 50.5 Å². The number of hydrogen-bond acceptors (Lipinski definition) is 5. The van der Waals surface area contributed by atoms with Crippen molar-refractivity contribution >= 4 is 17.8 Å². The number of carbonyl (C=O) groups is 3. The highest BCUT2D eigenvalue weighted by Crippen LogP contribution is 2.45. The molecule has 7 nitrogen and oxygen atoms in total. The van der Waals surface area contributed by atoms with Crippen molar-refractivity contribution in [2.75, 3.05) is 19.8 Å². The first-order valence-electron chi connectivity index (χ1n) is 15.7. The second kappa shape index (κ2) is 13.4. The maximum atomic E-state index is 13.8. The van der Waals surface area contributed by atoms with Gasteiger partial charge >= 0.3 is 11.9 Å². The predicted octanol–water partition coefficient (Wildman–Crippen LogP) is 7.37. The van der Waals surface area contributed by atoms with Crippen molar-refractivity contribution in [3.05, 3.63) is 125 Å². The van der Waals surface area contributed by atoms with Gasteiger partial charge in [-0.05, 0) is 64.4 Å².